The Labute approximate surface area is 142 Å². The van der Waals surface area contributed by atoms with Crippen molar-refractivity contribution in [2.75, 3.05) is 11.9 Å². The minimum Gasteiger partial charge on any atom is -0.462 e. The summed E-state index contributed by atoms with van der Waals surface area (Å²) < 4.78 is 8.99. The van der Waals surface area contributed by atoms with Crippen LogP contribution in [0.5, 0.6) is 0 Å². The fourth-order valence-corrected chi connectivity index (χ4v) is 3.00. The molecule has 2 rings (SSSR count). The number of hydrogen-bond donors (Lipinski definition) is 1. The minimum atomic E-state index is -0.661. The smallest absolute Gasteiger partial charge is 0.350 e. The summed E-state index contributed by atoms with van der Waals surface area (Å²) in [5.74, 6) is 0.116. The Bertz CT molecular complexity index is 723. The maximum Gasteiger partial charge on any atom is 0.350 e. The monoisotopic (exact) mass is 346 g/mol. The van der Waals surface area contributed by atoms with Gasteiger partial charge in [-0.2, -0.15) is 14.6 Å². The molecule has 0 bridgehead atoms. The number of nitrogens with one attached hydrogen (secondary N) is 1. The zero-order chi connectivity index (χ0) is 16.5. The van der Waals surface area contributed by atoms with Crippen molar-refractivity contribution in [1.82, 2.24) is 9.36 Å². The number of carbonyl (C=O) groups is 1. The van der Waals surface area contributed by atoms with E-state index in [1.54, 1.807) is 13.0 Å². The summed E-state index contributed by atoms with van der Waals surface area (Å²) in [4.78, 5) is 15.8. The molecule has 23 heavy (non-hydrogen) atoms. The van der Waals surface area contributed by atoms with Gasteiger partial charge in [-0.3, -0.25) is 0 Å². The highest BCUT2D eigenvalue weighted by atomic mass is 32.2. The van der Waals surface area contributed by atoms with E-state index >= 15 is 0 Å². The summed E-state index contributed by atoms with van der Waals surface area (Å²) in [5.41, 5.74) is 1.08. The number of carbonyl (C=O) groups excluding carboxylic acids is 1. The Morgan fingerprint density at radius 1 is 1.48 bits per heavy atom. The van der Waals surface area contributed by atoms with Gasteiger partial charge < -0.3 is 10.1 Å². The number of esters is 1. The highest BCUT2D eigenvalue weighted by molar-refractivity contribution is 7.98. The van der Waals surface area contributed by atoms with Crippen molar-refractivity contribution in [3.63, 3.8) is 0 Å². The Morgan fingerprint density at radius 2 is 2.26 bits per heavy atom. The fraction of sp³-hybridized carbons (Fsp3) is 0.200. The summed E-state index contributed by atoms with van der Waals surface area (Å²) in [6.45, 7) is 1.90. The maximum absolute atomic E-state index is 11.5. The maximum atomic E-state index is 11.5. The van der Waals surface area contributed by atoms with Crippen molar-refractivity contribution in [2.45, 2.75) is 17.8 Å². The number of hydrogen-bond acceptors (Lipinski definition) is 8. The zero-order valence-electron chi connectivity index (χ0n) is 12.4. The number of anilines is 1. The van der Waals surface area contributed by atoms with Crippen LogP contribution in [-0.2, 0) is 15.3 Å². The van der Waals surface area contributed by atoms with Crippen LogP contribution in [0, 0.1) is 11.3 Å². The van der Waals surface area contributed by atoms with Crippen LogP contribution < -0.4 is 5.32 Å². The SMILES string of the molecule is CCOC(=O)/C(C#N)=C/Nc1nc(SCc2ccccc2)ns1. The quantitative estimate of drug-likeness (QED) is 0.356. The van der Waals surface area contributed by atoms with Crippen LogP contribution in [0.4, 0.5) is 5.13 Å². The second kappa shape index (κ2) is 8.92. The first-order valence-corrected chi connectivity index (χ1v) is 8.53. The average Bonchev–Trinajstić information content (AvgIpc) is 3.03. The lowest BCUT2D eigenvalue weighted by Gasteiger charge is -1.99. The van der Waals surface area contributed by atoms with Gasteiger partial charge in [-0.15, -0.1) is 0 Å². The van der Waals surface area contributed by atoms with Crippen molar-refractivity contribution in [2.24, 2.45) is 0 Å². The van der Waals surface area contributed by atoms with Gasteiger partial charge in [-0.1, -0.05) is 42.1 Å². The van der Waals surface area contributed by atoms with Gasteiger partial charge in [0.25, 0.3) is 0 Å². The second-order valence-corrected chi connectivity index (χ2v) is 5.89. The molecule has 0 saturated carbocycles. The molecule has 0 aliphatic heterocycles. The first-order chi connectivity index (χ1) is 11.2. The molecule has 0 unspecified atom stereocenters. The third-order valence-electron chi connectivity index (χ3n) is 2.57. The van der Waals surface area contributed by atoms with Gasteiger partial charge in [-0.05, 0) is 12.5 Å². The van der Waals surface area contributed by atoms with Crippen molar-refractivity contribution >= 4 is 34.4 Å². The lowest BCUT2D eigenvalue weighted by atomic mass is 10.2. The van der Waals surface area contributed by atoms with E-state index < -0.39 is 5.97 Å². The molecule has 0 aliphatic carbocycles. The topological polar surface area (TPSA) is 87.9 Å². The molecule has 8 heteroatoms. The lowest BCUT2D eigenvalue weighted by Crippen LogP contribution is -2.07. The van der Waals surface area contributed by atoms with Gasteiger partial charge >= 0.3 is 5.97 Å². The van der Waals surface area contributed by atoms with Crippen LogP contribution in [0.15, 0.2) is 47.3 Å². The van der Waals surface area contributed by atoms with Crippen LogP contribution in [0.25, 0.3) is 0 Å². The molecule has 0 atom stereocenters. The molecule has 6 nitrogen and oxygen atoms in total. The van der Waals surface area contributed by atoms with E-state index in [9.17, 15) is 4.79 Å². The van der Waals surface area contributed by atoms with E-state index in [1.807, 2.05) is 30.3 Å². The van der Waals surface area contributed by atoms with Gasteiger partial charge in [0.2, 0.25) is 10.3 Å². The first-order valence-electron chi connectivity index (χ1n) is 6.77. The van der Waals surface area contributed by atoms with Crippen LogP contribution in [0.2, 0.25) is 0 Å². The van der Waals surface area contributed by atoms with E-state index in [4.69, 9.17) is 10.00 Å². The zero-order valence-corrected chi connectivity index (χ0v) is 14.0. The molecule has 1 heterocycles. The van der Waals surface area contributed by atoms with Gasteiger partial charge in [0.05, 0.1) is 6.61 Å². The van der Waals surface area contributed by atoms with Gasteiger partial charge in [0.1, 0.15) is 6.07 Å². The number of rotatable bonds is 7. The molecular formula is C15H14N4O2S2. The molecule has 0 radical (unpaired) electrons. The van der Waals surface area contributed by atoms with E-state index in [1.165, 1.54) is 23.5 Å². The Morgan fingerprint density at radius 3 is 2.96 bits per heavy atom. The molecule has 2 aromatic rings. The number of nitrogens with zero attached hydrogens (tertiary/aromatic N) is 3. The van der Waals surface area contributed by atoms with E-state index in [2.05, 4.69) is 14.7 Å². The molecule has 1 aromatic heterocycles. The Balaban J connectivity index is 1.91. The number of aromatic nitrogens is 2. The van der Waals surface area contributed by atoms with E-state index in [0.717, 1.165) is 17.3 Å². The van der Waals surface area contributed by atoms with Crippen molar-refractivity contribution in [3.8, 4) is 6.07 Å². The first kappa shape index (κ1) is 17.0. The normalized spacial score (nSPS) is 10.9. The van der Waals surface area contributed by atoms with Crippen molar-refractivity contribution in [3.05, 3.63) is 47.7 Å². The van der Waals surface area contributed by atoms with Crippen molar-refractivity contribution < 1.29 is 9.53 Å². The molecule has 1 aromatic carbocycles. The van der Waals surface area contributed by atoms with Crippen LogP contribution in [0.1, 0.15) is 12.5 Å². The van der Waals surface area contributed by atoms with Crippen LogP contribution in [-0.4, -0.2) is 21.9 Å². The molecular weight excluding hydrogens is 332 g/mol. The van der Waals surface area contributed by atoms with Gasteiger partial charge in [0, 0.05) is 23.5 Å². The third-order valence-corrected chi connectivity index (χ3v) is 4.25. The largest absolute Gasteiger partial charge is 0.462 e. The summed E-state index contributed by atoms with van der Waals surface area (Å²) in [7, 11) is 0. The number of benzene rings is 1. The Kier molecular flexibility index (Phi) is 6.59. The van der Waals surface area contributed by atoms with Crippen LogP contribution in [0.3, 0.4) is 0 Å². The standard InChI is InChI=1S/C15H14N4O2S2/c1-2-21-13(20)12(8-16)9-17-14-18-15(19-23-14)22-10-11-6-4-3-5-7-11/h3-7,9H,2,10H2,1H3,(H,17,18,19)/b12-9+. The third kappa shape index (κ3) is 5.39. The summed E-state index contributed by atoms with van der Waals surface area (Å²) in [5, 5.41) is 12.9. The summed E-state index contributed by atoms with van der Waals surface area (Å²) >= 11 is 2.68. The fourth-order valence-electron chi connectivity index (χ4n) is 1.53. The van der Waals surface area contributed by atoms with Gasteiger partial charge in [0.15, 0.2) is 5.57 Å². The highest BCUT2D eigenvalue weighted by Gasteiger charge is 2.10. The molecule has 1 N–H and O–H groups in total. The predicted molar refractivity (Wildman–Crippen MR) is 89.9 cm³/mol. The molecule has 118 valence electrons. The number of nitriles is 1. The highest BCUT2D eigenvalue weighted by Crippen LogP contribution is 2.23. The Hall–Kier alpha value is -2.37. The predicted octanol–water partition coefficient (Wildman–Crippen LogP) is 3.21. The number of ether oxygens (including phenoxy) is 1. The van der Waals surface area contributed by atoms with Gasteiger partial charge in [-0.25, -0.2) is 4.79 Å². The summed E-state index contributed by atoms with van der Waals surface area (Å²) in [6, 6.07) is 11.8. The molecule has 0 spiro atoms. The summed E-state index contributed by atoms with van der Waals surface area (Å²) in [6.07, 6.45) is 1.28. The average molecular weight is 346 g/mol. The molecule has 0 amide bonds. The van der Waals surface area contributed by atoms with Crippen molar-refractivity contribution in [1.29, 1.82) is 5.26 Å². The molecule has 0 fully saturated rings. The number of thioether (sulfide) groups is 1. The minimum absolute atomic E-state index is 0.111. The van der Waals surface area contributed by atoms with E-state index in [-0.39, 0.29) is 12.2 Å². The molecule has 0 saturated heterocycles. The molecule has 0 aliphatic rings. The second-order valence-electron chi connectivity index (χ2n) is 4.19. The van der Waals surface area contributed by atoms with Crippen LogP contribution >= 0.6 is 23.3 Å². The lowest BCUT2D eigenvalue weighted by molar-refractivity contribution is -0.138. The van der Waals surface area contributed by atoms with E-state index in [0.29, 0.717) is 10.3 Å².